The Bertz CT molecular complexity index is 943. The summed E-state index contributed by atoms with van der Waals surface area (Å²) >= 11 is 6.18. The van der Waals surface area contributed by atoms with Gasteiger partial charge in [-0.3, -0.25) is 9.80 Å². The third-order valence-corrected chi connectivity index (χ3v) is 6.93. The highest BCUT2D eigenvalue weighted by Crippen LogP contribution is 2.31. The molecule has 3 aromatic rings. The van der Waals surface area contributed by atoms with E-state index in [0.717, 1.165) is 54.4 Å². The first-order valence-corrected chi connectivity index (χ1v) is 11.7. The number of hydrogen-bond acceptors (Lipinski definition) is 6. The molecule has 8 heteroatoms. The normalized spacial score (nSPS) is 20.2. The van der Waals surface area contributed by atoms with Crippen LogP contribution in [0.4, 0.5) is 0 Å². The minimum atomic E-state index is -0.0178. The summed E-state index contributed by atoms with van der Waals surface area (Å²) in [5, 5.41) is 13.5. The summed E-state index contributed by atoms with van der Waals surface area (Å²) in [7, 11) is 0. The number of aromatic nitrogens is 4. The van der Waals surface area contributed by atoms with E-state index in [4.69, 9.17) is 16.0 Å². The lowest BCUT2D eigenvalue weighted by atomic mass is 9.93. The van der Waals surface area contributed by atoms with Gasteiger partial charge in [0.05, 0.1) is 12.3 Å². The zero-order valence-electron chi connectivity index (χ0n) is 17.7. The van der Waals surface area contributed by atoms with E-state index < -0.39 is 0 Å². The quantitative estimate of drug-likeness (QED) is 0.577. The molecule has 3 heterocycles. The van der Waals surface area contributed by atoms with E-state index in [1.807, 2.05) is 28.9 Å². The molecule has 5 rings (SSSR count). The summed E-state index contributed by atoms with van der Waals surface area (Å²) in [5.41, 5.74) is 1.16. The van der Waals surface area contributed by atoms with Crippen LogP contribution in [-0.2, 0) is 6.54 Å². The summed E-state index contributed by atoms with van der Waals surface area (Å²) in [6, 6.07) is 12.7. The average molecular weight is 441 g/mol. The van der Waals surface area contributed by atoms with E-state index >= 15 is 0 Å². The summed E-state index contributed by atoms with van der Waals surface area (Å²) in [5.74, 6) is 1.68. The molecule has 1 saturated carbocycles. The summed E-state index contributed by atoms with van der Waals surface area (Å²) in [6.07, 6.45) is 8.53. The number of nitrogens with zero attached hydrogens (tertiary/aromatic N) is 6. The molecule has 1 atom stereocenters. The highest BCUT2D eigenvalue weighted by molar-refractivity contribution is 6.30. The van der Waals surface area contributed by atoms with Gasteiger partial charge in [-0.15, -0.1) is 5.10 Å². The molecular formula is C23H29ClN6O. The molecule has 1 saturated heterocycles. The molecule has 2 fully saturated rings. The van der Waals surface area contributed by atoms with Gasteiger partial charge in [0, 0.05) is 37.2 Å². The maximum absolute atomic E-state index is 6.18. The topological polar surface area (TPSA) is 63.2 Å². The van der Waals surface area contributed by atoms with Crippen LogP contribution < -0.4 is 0 Å². The molecule has 31 heavy (non-hydrogen) atoms. The lowest BCUT2D eigenvalue weighted by Crippen LogP contribution is -2.52. The van der Waals surface area contributed by atoms with Crippen LogP contribution >= 0.6 is 11.6 Å². The van der Waals surface area contributed by atoms with Crippen LogP contribution in [0, 0.1) is 0 Å². The molecule has 0 radical (unpaired) electrons. The molecule has 0 bridgehead atoms. The van der Waals surface area contributed by atoms with Crippen LogP contribution in [0.2, 0.25) is 5.02 Å². The molecule has 2 aromatic heterocycles. The van der Waals surface area contributed by atoms with E-state index in [9.17, 15) is 0 Å². The van der Waals surface area contributed by atoms with E-state index in [-0.39, 0.29) is 6.04 Å². The second kappa shape index (κ2) is 9.51. The first-order valence-electron chi connectivity index (χ1n) is 11.3. The number of hydrogen-bond donors (Lipinski definition) is 0. The first-order chi connectivity index (χ1) is 15.3. The largest absolute Gasteiger partial charge is 0.467 e. The monoisotopic (exact) mass is 440 g/mol. The minimum Gasteiger partial charge on any atom is -0.467 e. The van der Waals surface area contributed by atoms with E-state index in [0.29, 0.717) is 6.54 Å². The van der Waals surface area contributed by atoms with Gasteiger partial charge in [-0.25, -0.2) is 4.68 Å². The number of tetrazole rings is 1. The summed E-state index contributed by atoms with van der Waals surface area (Å²) < 4.78 is 7.39. The van der Waals surface area contributed by atoms with Crippen molar-refractivity contribution in [1.82, 2.24) is 30.0 Å². The Morgan fingerprint density at radius 2 is 1.77 bits per heavy atom. The molecule has 1 aliphatic heterocycles. The highest BCUT2D eigenvalue weighted by atomic mass is 35.5. The predicted molar refractivity (Wildman–Crippen MR) is 119 cm³/mol. The van der Waals surface area contributed by atoms with E-state index in [1.54, 1.807) is 6.26 Å². The number of benzene rings is 1. The van der Waals surface area contributed by atoms with Gasteiger partial charge in [0.15, 0.2) is 5.82 Å². The summed E-state index contributed by atoms with van der Waals surface area (Å²) in [4.78, 5) is 5.20. The molecule has 0 unspecified atom stereocenters. The number of furan rings is 1. The Labute approximate surface area is 188 Å². The zero-order chi connectivity index (χ0) is 21.0. The Morgan fingerprint density at radius 3 is 2.48 bits per heavy atom. The van der Waals surface area contributed by atoms with Crippen molar-refractivity contribution >= 4 is 11.6 Å². The van der Waals surface area contributed by atoms with Crippen molar-refractivity contribution in [2.75, 3.05) is 26.2 Å². The van der Waals surface area contributed by atoms with Crippen molar-refractivity contribution in [2.45, 2.75) is 50.7 Å². The second-order valence-electron chi connectivity index (χ2n) is 8.59. The molecule has 2 aliphatic rings. The van der Waals surface area contributed by atoms with Crippen LogP contribution in [0.25, 0.3) is 0 Å². The first kappa shape index (κ1) is 20.7. The Morgan fingerprint density at radius 1 is 1.00 bits per heavy atom. The van der Waals surface area contributed by atoms with Crippen molar-refractivity contribution in [1.29, 1.82) is 0 Å². The Kier molecular flexibility index (Phi) is 6.34. The molecule has 164 valence electrons. The molecule has 1 aliphatic carbocycles. The van der Waals surface area contributed by atoms with E-state index in [2.05, 4.69) is 37.5 Å². The van der Waals surface area contributed by atoms with Gasteiger partial charge < -0.3 is 4.42 Å². The summed E-state index contributed by atoms with van der Waals surface area (Å²) in [6.45, 7) is 4.69. The third-order valence-electron chi connectivity index (χ3n) is 6.68. The third kappa shape index (κ3) is 4.68. The average Bonchev–Trinajstić information content (AvgIpc) is 3.49. The lowest BCUT2D eigenvalue weighted by Gasteiger charge is -2.43. The highest BCUT2D eigenvalue weighted by Gasteiger charge is 2.32. The van der Waals surface area contributed by atoms with E-state index in [1.165, 1.54) is 32.1 Å². The van der Waals surface area contributed by atoms with Crippen LogP contribution in [-0.4, -0.2) is 62.2 Å². The van der Waals surface area contributed by atoms with Crippen molar-refractivity contribution < 1.29 is 4.42 Å². The molecule has 0 amide bonds. The molecule has 7 nitrogen and oxygen atoms in total. The predicted octanol–water partition coefficient (Wildman–Crippen LogP) is 4.01. The van der Waals surface area contributed by atoms with Gasteiger partial charge in [-0.2, -0.15) is 0 Å². The fraction of sp³-hybridized carbons (Fsp3) is 0.522. The van der Waals surface area contributed by atoms with Crippen LogP contribution in [0.3, 0.4) is 0 Å². The van der Waals surface area contributed by atoms with Crippen molar-refractivity contribution in [3.8, 4) is 0 Å². The molecule has 0 N–H and O–H groups in total. The SMILES string of the molecule is Clc1ccc([C@@H](c2nnnn2Cc2ccco2)N2CCN(C3CCCCC3)CC2)cc1. The van der Waals surface area contributed by atoms with Crippen molar-refractivity contribution in [3.05, 3.63) is 64.8 Å². The molecule has 1 aromatic carbocycles. The molecular weight excluding hydrogens is 412 g/mol. The standard InChI is InChI=1S/C23H29ClN6O/c24-19-10-8-18(9-11-19)22(23-25-26-27-30(23)17-21-7-4-16-31-21)29-14-12-28(13-15-29)20-5-2-1-3-6-20/h4,7-11,16,20,22H,1-3,5-6,12-15,17H2/t22-/m0/s1. The maximum Gasteiger partial charge on any atom is 0.173 e. The van der Waals surface area contributed by atoms with Crippen LogP contribution in [0.5, 0.6) is 0 Å². The van der Waals surface area contributed by atoms with Gasteiger partial charge in [-0.05, 0) is 53.1 Å². The van der Waals surface area contributed by atoms with Crippen molar-refractivity contribution in [2.24, 2.45) is 0 Å². The van der Waals surface area contributed by atoms with Gasteiger partial charge >= 0.3 is 0 Å². The van der Waals surface area contributed by atoms with Crippen molar-refractivity contribution in [3.63, 3.8) is 0 Å². The van der Waals surface area contributed by atoms with Crippen LogP contribution in [0.15, 0.2) is 47.1 Å². The second-order valence-corrected chi connectivity index (χ2v) is 9.03. The van der Waals surface area contributed by atoms with Gasteiger partial charge in [-0.1, -0.05) is 43.0 Å². The Hall–Kier alpha value is -2.22. The molecule has 0 spiro atoms. The van der Waals surface area contributed by atoms with Gasteiger partial charge in [0.25, 0.3) is 0 Å². The smallest absolute Gasteiger partial charge is 0.173 e. The number of piperazine rings is 1. The number of halogens is 1. The fourth-order valence-electron chi connectivity index (χ4n) is 5.05. The minimum absolute atomic E-state index is 0.0178. The van der Waals surface area contributed by atoms with Crippen LogP contribution in [0.1, 0.15) is 55.3 Å². The number of rotatable bonds is 6. The fourth-order valence-corrected chi connectivity index (χ4v) is 5.17. The lowest BCUT2D eigenvalue weighted by molar-refractivity contribution is 0.0620. The Balaban J connectivity index is 1.39. The van der Waals surface area contributed by atoms with Gasteiger partial charge in [0.1, 0.15) is 12.3 Å². The van der Waals surface area contributed by atoms with Gasteiger partial charge in [0.2, 0.25) is 0 Å². The maximum atomic E-state index is 6.18. The zero-order valence-corrected chi connectivity index (χ0v) is 18.5.